The number of piperidine rings is 1. The maximum atomic E-state index is 13.6. The number of hydrogen-bond donors (Lipinski definition) is 1. The van der Waals surface area contributed by atoms with Crippen LogP contribution >= 0.6 is 11.5 Å². The molecule has 2 aromatic heterocycles. The molecule has 2 aliphatic heterocycles. The van der Waals surface area contributed by atoms with Crippen LogP contribution in [-0.4, -0.2) is 47.0 Å². The SMILES string of the molecule is O=S(=O)(Nc1ncns1)c1ccc2c(c1)OCC[C@@H]2N1CCC(C(F)(F)F)C[C@H]1c1ccccn1. The van der Waals surface area contributed by atoms with Crippen LogP contribution in [-0.2, 0) is 10.0 Å². The van der Waals surface area contributed by atoms with Gasteiger partial charge in [-0.25, -0.2) is 13.4 Å². The van der Waals surface area contributed by atoms with E-state index >= 15 is 0 Å². The van der Waals surface area contributed by atoms with Gasteiger partial charge in [0.15, 0.2) is 0 Å². The lowest BCUT2D eigenvalue weighted by atomic mass is 9.85. The topological polar surface area (TPSA) is 97.3 Å². The molecule has 1 aromatic carbocycles. The number of ether oxygens (including phenoxy) is 1. The summed E-state index contributed by atoms with van der Waals surface area (Å²) >= 11 is 0.917. The monoisotopic (exact) mass is 525 g/mol. The molecule has 0 aliphatic carbocycles. The van der Waals surface area contributed by atoms with Crippen molar-refractivity contribution in [3.63, 3.8) is 0 Å². The van der Waals surface area contributed by atoms with E-state index in [4.69, 9.17) is 4.74 Å². The maximum absolute atomic E-state index is 13.6. The molecule has 0 bridgehead atoms. The van der Waals surface area contributed by atoms with Gasteiger partial charge < -0.3 is 4.74 Å². The molecule has 3 aromatic rings. The first-order chi connectivity index (χ1) is 16.7. The molecule has 4 heterocycles. The number of hydrogen-bond acceptors (Lipinski definition) is 8. The minimum Gasteiger partial charge on any atom is -0.493 e. The van der Waals surface area contributed by atoms with Crippen LogP contribution in [0.15, 0.2) is 53.8 Å². The zero-order chi connectivity index (χ0) is 24.6. The van der Waals surface area contributed by atoms with Crippen molar-refractivity contribution in [1.82, 2.24) is 19.2 Å². The number of anilines is 1. The largest absolute Gasteiger partial charge is 0.493 e. The van der Waals surface area contributed by atoms with Gasteiger partial charge in [0.05, 0.1) is 29.2 Å². The second-order valence-electron chi connectivity index (χ2n) is 8.48. The number of fused-ring (bicyclic) bond motifs is 1. The summed E-state index contributed by atoms with van der Waals surface area (Å²) in [6, 6.07) is 9.12. The van der Waals surface area contributed by atoms with Gasteiger partial charge in [0.2, 0.25) is 5.13 Å². The fourth-order valence-electron chi connectivity index (χ4n) is 4.77. The summed E-state index contributed by atoms with van der Waals surface area (Å²) in [5, 5.41) is 0.146. The molecule has 1 unspecified atom stereocenters. The molecule has 5 rings (SSSR count). The van der Waals surface area contributed by atoms with Crippen LogP contribution in [0, 0.1) is 5.92 Å². The normalized spacial score (nSPS) is 23.3. The van der Waals surface area contributed by atoms with Gasteiger partial charge in [-0.3, -0.25) is 14.6 Å². The van der Waals surface area contributed by atoms with E-state index in [0.29, 0.717) is 24.5 Å². The molecule has 0 radical (unpaired) electrons. The first-order valence-corrected chi connectivity index (χ1v) is 13.3. The smallest absolute Gasteiger partial charge is 0.391 e. The van der Waals surface area contributed by atoms with Crippen LogP contribution in [0.25, 0.3) is 0 Å². The van der Waals surface area contributed by atoms with Crippen molar-refractivity contribution in [2.75, 3.05) is 17.9 Å². The molecule has 35 heavy (non-hydrogen) atoms. The summed E-state index contributed by atoms with van der Waals surface area (Å²) < 4.78 is 78.3. The summed E-state index contributed by atoms with van der Waals surface area (Å²) in [6.07, 6.45) is -0.935. The van der Waals surface area contributed by atoms with Crippen LogP contribution in [0.4, 0.5) is 18.3 Å². The summed E-state index contributed by atoms with van der Waals surface area (Å²) in [7, 11) is -3.91. The molecular formula is C22H22F3N5O3S2. The molecule has 1 fully saturated rings. The van der Waals surface area contributed by atoms with Crippen molar-refractivity contribution in [1.29, 1.82) is 0 Å². The van der Waals surface area contributed by atoms with E-state index in [1.165, 1.54) is 18.5 Å². The number of halogens is 3. The lowest BCUT2D eigenvalue weighted by Crippen LogP contribution is -2.44. The highest BCUT2D eigenvalue weighted by molar-refractivity contribution is 7.93. The number of rotatable bonds is 5. The van der Waals surface area contributed by atoms with Crippen molar-refractivity contribution < 1.29 is 26.3 Å². The Morgan fingerprint density at radius 2 is 1.97 bits per heavy atom. The Hall–Kier alpha value is -2.77. The van der Waals surface area contributed by atoms with E-state index in [0.717, 1.165) is 17.1 Å². The molecule has 0 spiro atoms. The van der Waals surface area contributed by atoms with Crippen molar-refractivity contribution in [3.05, 3.63) is 60.2 Å². The Morgan fingerprint density at radius 1 is 1.11 bits per heavy atom. The standard InChI is InChI=1S/C22H22F3N5O3S2/c23-22(24,25)14-6-9-30(19(11-14)17-3-1-2-8-26-17)18-7-10-33-20-12-15(4-5-16(18)20)35(31,32)29-21-27-13-28-34-21/h1-5,8,12-14,18-19H,6-7,9-11H2,(H,27,28,29)/t14?,18-,19-/m0/s1. The van der Waals surface area contributed by atoms with Crippen LogP contribution in [0.1, 0.15) is 42.6 Å². The lowest BCUT2D eigenvalue weighted by molar-refractivity contribution is -0.192. The Kier molecular flexibility index (Phi) is 6.40. The maximum Gasteiger partial charge on any atom is 0.391 e. The number of pyridine rings is 1. The van der Waals surface area contributed by atoms with Crippen molar-refractivity contribution in [2.45, 2.75) is 42.4 Å². The van der Waals surface area contributed by atoms with Gasteiger partial charge >= 0.3 is 6.18 Å². The number of likely N-dealkylation sites (tertiary alicyclic amines) is 1. The van der Waals surface area contributed by atoms with Crippen LogP contribution in [0.5, 0.6) is 5.75 Å². The van der Waals surface area contributed by atoms with Crippen molar-refractivity contribution in [3.8, 4) is 5.75 Å². The summed E-state index contributed by atoms with van der Waals surface area (Å²) in [6.45, 7) is 0.563. The fraction of sp³-hybridized carbons (Fsp3) is 0.409. The summed E-state index contributed by atoms with van der Waals surface area (Å²) in [5.74, 6) is -0.997. The Bertz CT molecular complexity index is 1270. The van der Waals surface area contributed by atoms with Gasteiger partial charge in [0, 0.05) is 48.4 Å². The second kappa shape index (κ2) is 9.36. The van der Waals surface area contributed by atoms with E-state index in [9.17, 15) is 21.6 Å². The minimum absolute atomic E-state index is 0.00223. The second-order valence-corrected chi connectivity index (χ2v) is 10.9. The predicted octanol–water partition coefficient (Wildman–Crippen LogP) is 4.57. The van der Waals surface area contributed by atoms with Gasteiger partial charge in [0.1, 0.15) is 12.1 Å². The molecule has 1 saturated heterocycles. The molecule has 186 valence electrons. The van der Waals surface area contributed by atoms with Crippen LogP contribution in [0.2, 0.25) is 0 Å². The zero-order valence-corrected chi connectivity index (χ0v) is 20.0. The molecule has 1 N–H and O–H groups in total. The fourth-order valence-corrected chi connectivity index (χ4v) is 6.45. The first kappa shape index (κ1) is 23.9. The van der Waals surface area contributed by atoms with Crippen LogP contribution < -0.4 is 9.46 Å². The number of sulfonamides is 1. The molecule has 0 amide bonds. The highest BCUT2D eigenvalue weighted by Crippen LogP contribution is 2.47. The third kappa shape index (κ3) is 4.98. The highest BCUT2D eigenvalue weighted by atomic mass is 32.2. The van der Waals surface area contributed by atoms with Gasteiger partial charge in [-0.15, -0.1) is 0 Å². The Balaban J connectivity index is 1.46. The Morgan fingerprint density at radius 3 is 2.69 bits per heavy atom. The third-order valence-electron chi connectivity index (χ3n) is 6.42. The molecule has 8 nitrogen and oxygen atoms in total. The quantitative estimate of drug-likeness (QED) is 0.521. The number of benzene rings is 1. The predicted molar refractivity (Wildman–Crippen MR) is 122 cm³/mol. The van der Waals surface area contributed by atoms with E-state index in [2.05, 4.69) is 24.0 Å². The summed E-state index contributed by atoms with van der Waals surface area (Å²) in [5.41, 5.74) is 1.34. The zero-order valence-electron chi connectivity index (χ0n) is 18.4. The van der Waals surface area contributed by atoms with E-state index in [-0.39, 0.29) is 35.5 Å². The first-order valence-electron chi connectivity index (χ1n) is 11.0. The van der Waals surface area contributed by atoms with E-state index < -0.39 is 28.2 Å². The molecule has 13 heteroatoms. The molecular weight excluding hydrogens is 503 g/mol. The Labute approximate surface area is 204 Å². The average Bonchev–Trinajstić information content (AvgIpc) is 3.35. The lowest BCUT2D eigenvalue weighted by Gasteiger charge is -2.45. The van der Waals surface area contributed by atoms with Gasteiger partial charge in [-0.05, 0) is 31.0 Å². The molecule has 0 saturated carbocycles. The molecule has 3 atom stereocenters. The van der Waals surface area contributed by atoms with E-state index in [1.807, 2.05) is 0 Å². The van der Waals surface area contributed by atoms with Gasteiger partial charge in [-0.2, -0.15) is 17.5 Å². The highest BCUT2D eigenvalue weighted by Gasteiger charge is 2.47. The van der Waals surface area contributed by atoms with Crippen molar-refractivity contribution in [2.24, 2.45) is 5.92 Å². The van der Waals surface area contributed by atoms with Crippen molar-refractivity contribution >= 4 is 26.7 Å². The van der Waals surface area contributed by atoms with E-state index in [1.54, 1.807) is 30.5 Å². The number of nitrogens with one attached hydrogen (secondary N) is 1. The third-order valence-corrected chi connectivity index (χ3v) is 8.47. The van der Waals surface area contributed by atoms with Gasteiger partial charge in [-0.1, -0.05) is 12.1 Å². The molecule has 2 aliphatic rings. The van der Waals surface area contributed by atoms with Gasteiger partial charge in [0.25, 0.3) is 10.0 Å². The minimum atomic E-state index is -4.27. The summed E-state index contributed by atoms with van der Waals surface area (Å²) in [4.78, 5) is 10.3. The number of aromatic nitrogens is 3. The number of alkyl halides is 3. The average molecular weight is 526 g/mol. The number of nitrogens with zero attached hydrogens (tertiary/aromatic N) is 4. The van der Waals surface area contributed by atoms with Crippen LogP contribution in [0.3, 0.4) is 0 Å².